The number of nitrogens with zero attached hydrogens (tertiary/aromatic N) is 2. The molecule has 0 spiro atoms. The van der Waals surface area contributed by atoms with Crippen LogP contribution in [-0.2, 0) is 0 Å². The maximum Gasteiger partial charge on any atom is 0.573 e. The average Bonchev–Trinajstić information content (AvgIpc) is 3.41. The van der Waals surface area contributed by atoms with Crippen LogP contribution < -0.4 is 15.4 Å². The van der Waals surface area contributed by atoms with Gasteiger partial charge in [-0.2, -0.15) is 4.98 Å². The van der Waals surface area contributed by atoms with Crippen molar-refractivity contribution in [3.8, 4) is 5.75 Å². The van der Waals surface area contributed by atoms with E-state index >= 15 is 0 Å². The normalized spacial score (nSPS) is 15.3. The third-order valence-electron chi connectivity index (χ3n) is 4.16. The third kappa shape index (κ3) is 5.63. The largest absolute Gasteiger partial charge is 0.573 e. The van der Waals surface area contributed by atoms with Gasteiger partial charge in [0.15, 0.2) is 0 Å². The van der Waals surface area contributed by atoms with Crippen LogP contribution in [0, 0.1) is 0 Å². The Labute approximate surface area is 160 Å². The Morgan fingerprint density at radius 2 is 2.00 bits per heavy atom. The van der Waals surface area contributed by atoms with Gasteiger partial charge in [-0.3, -0.25) is 0 Å². The van der Waals surface area contributed by atoms with Crippen molar-refractivity contribution in [2.75, 3.05) is 10.6 Å². The number of rotatable bonds is 7. The number of anilines is 3. The van der Waals surface area contributed by atoms with E-state index in [2.05, 4.69) is 32.3 Å². The van der Waals surface area contributed by atoms with Crippen LogP contribution in [0.5, 0.6) is 5.75 Å². The number of aromatic nitrogens is 2. The molecule has 0 unspecified atom stereocenters. The van der Waals surface area contributed by atoms with Crippen LogP contribution in [0.2, 0.25) is 5.02 Å². The Morgan fingerprint density at radius 3 is 2.59 bits per heavy atom. The molecule has 146 valence electrons. The lowest BCUT2D eigenvalue weighted by Crippen LogP contribution is -2.17. The molecule has 1 atom stereocenters. The van der Waals surface area contributed by atoms with Crippen LogP contribution >= 0.6 is 11.6 Å². The second-order valence-electron chi connectivity index (χ2n) is 6.55. The molecule has 27 heavy (non-hydrogen) atoms. The molecule has 1 fully saturated rings. The zero-order chi connectivity index (χ0) is 19.6. The van der Waals surface area contributed by atoms with Gasteiger partial charge in [-0.1, -0.05) is 18.5 Å². The second-order valence-corrected chi connectivity index (χ2v) is 6.95. The van der Waals surface area contributed by atoms with Gasteiger partial charge in [0.25, 0.3) is 0 Å². The van der Waals surface area contributed by atoms with Gasteiger partial charge in [0.05, 0.1) is 10.7 Å². The minimum Gasteiger partial charge on any atom is -0.404 e. The van der Waals surface area contributed by atoms with Gasteiger partial charge < -0.3 is 15.4 Å². The number of halogens is 4. The SMILES string of the molecule is CC[C@@H](C)Nc1nc(Nc2ccc(OC(F)(F)F)c(Cl)c2)cc(C2CC2)n1. The van der Waals surface area contributed by atoms with E-state index < -0.39 is 12.1 Å². The fourth-order valence-electron chi connectivity index (χ4n) is 2.44. The smallest absolute Gasteiger partial charge is 0.404 e. The highest BCUT2D eigenvalue weighted by Crippen LogP contribution is 2.40. The molecule has 9 heteroatoms. The van der Waals surface area contributed by atoms with E-state index in [9.17, 15) is 13.2 Å². The summed E-state index contributed by atoms with van der Waals surface area (Å²) in [6.07, 6.45) is -1.68. The van der Waals surface area contributed by atoms with Gasteiger partial charge in [-0.25, -0.2) is 4.98 Å². The van der Waals surface area contributed by atoms with Crippen LogP contribution in [0.25, 0.3) is 0 Å². The van der Waals surface area contributed by atoms with Crippen LogP contribution in [-0.4, -0.2) is 22.4 Å². The van der Waals surface area contributed by atoms with Crippen LogP contribution in [0.4, 0.5) is 30.6 Å². The van der Waals surface area contributed by atoms with E-state index in [0.717, 1.165) is 25.0 Å². The molecule has 1 aromatic carbocycles. The molecular weight excluding hydrogens is 381 g/mol. The quantitative estimate of drug-likeness (QED) is 0.609. The van der Waals surface area contributed by atoms with Crippen molar-refractivity contribution in [3.05, 3.63) is 35.0 Å². The maximum absolute atomic E-state index is 12.4. The van der Waals surface area contributed by atoms with Gasteiger partial charge in [-0.05, 0) is 44.4 Å². The number of alkyl halides is 3. The molecule has 0 saturated heterocycles. The fourth-order valence-corrected chi connectivity index (χ4v) is 2.66. The Kier molecular flexibility index (Phi) is 5.64. The van der Waals surface area contributed by atoms with E-state index in [0.29, 0.717) is 23.4 Å². The van der Waals surface area contributed by atoms with Crippen molar-refractivity contribution in [1.82, 2.24) is 9.97 Å². The Morgan fingerprint density at radius 1 is 1.26 bits per heavy atom. The molecule has 0 radical (unpaired) electrons. The zero-order valence-corrected chi connectivity index (χ0v) is 15.7. The minimum absolute atomic E-state index is 0.147. The molecule has 0 aliphatic heterocycles. The van der Waals surface area contributed by atoms with Gasteiger partial charge in [0, 0.05) is 23.7 Å². The standard InChI is InChI=1S/C18H20ClF3N4O/c1-3-10(2)23-17-25-14(11-4-5-11)9-16(26-17)24-12-6-7-15(13(19)8-12)27-18(20,21)22/h6-11H,3-5H2,1-2H3,(H2,23,24,25,26)/t10-/m1/s1. The summed E-state index contributed by atoms with van der Waals surface area (Å²) in [6.45, 7) is 4.10. The lowest BCUT2D eigenvalue weighted by Gasteiger charge is -2.15. The molecule has 0 amide bonds. The summed E-state index contributed by atoms with van der Waals surface area (Å²) < 4.78 is 40.9. The van der Waals surface area contributed by atoms with Crippen LogP contribution in [0.3, 0.4) is 0 Å². The maximum atomic E-state index is 12.4. The van der Waals surface area contributed by atoms with Gasteiger partial charge in [-0.15, -0.1) is 13.2 Å². The topological polar surface area (TPSA) is 59.1 Å². The lowest BCUT2D eigenvalue weighted by atomic mass is 10.2. The molecule has 1 saturated carbocycles. The Bertz CT molecular complexity index is 812. The van der Waals surface area contributed by atoms with Crippen molar-refractivity contribution < 1.29 is 17.9 Å². The third-order valence-corrected chi connectivity index (χ3v) is 4.45. The lowest BCUT2D eigenvalue weighted by molar-refractivity contribution is -0.274. The van der Waals surface area contributed by atoms with E-state index in [1.54, 1.807) is 0 Å². The van der Waals surface area contributed by atoms with E-state index in [1.807, 2.05) is 13.0 Å². The molecule has 1 heterocycles. The highest BCUT2D eigenvalue weighted by Gasteiger charge is 2.32. The van der Waals surface area contributed by atoms with Crippen molar-refractivity contribution in [3.63, 3.8) is 0 Å². The first-order chi connectivity index (χ1) is 12.7. The van der Waals surface area contributed by atoms with Crippen molar-refractivity contribution in [1.29, 1.82) is 0 Å². The van der Waals surface area contributed by atoms with Gasteiger partial charge in [0.1, 0.15) is 11.6 Å². The van der Waals surface area contributed by atoms with Crippen LogP contribution in [0.1, 0.15) is 44.7 Å². The summed E-state index contributed by atoms with van der Waals surface area (Å²) in [5.74, 6) is 1.06. The molecule has 0 bridgehead atoms. The minimum atomic E-state index is -4.79. The summed E-state index contributed by atoms with van der Waals surface area (Å²) in [7, 11) is 0. The molecule has 5 nitrogen and oxygen atoms in total. The number of nitrogens with one attached hydrogen (secondary N) is 2. The molecule has 1 aliphatic rings. The number of ether oxygens (including phenoxy) is 1. The highest BCUT2D eigenvalue weighted by atomic mass is 35.5. The Hall–Kier alpha value is -2.22. The van der Waals surface area contributed by atoms with E-state index in [1.165, 1.54) is 18.2 Å². The summed E-state index contributed by atoms with van der Waals surface area (Å²) in [4.78, 5) is 9.01. The highest BCUT2D eigenvalue weighted by molar-refractivity contribution is 6.32. The molecular formula is C18H20ClF3N4O. The first-order valence-corrected chi connectivity index (χ1v) is 9.09. The van der Waals surface area contributed by atoms with Gasteiger partial charge >= 0.3 is 6.36 Å². The average molecular weight is 401 g/mol. The summed E-state index contributed by atoms with van der Waals surface area (Å²) >= 11 is 5.90. The molecule has 2 aromatic rings. The summed E-state index contributed by atoms with van der Waals surface area (Å²) in [6, 6.07) is 6.06. The predicted molar refractivity (Wildman–Crippen MR) is 98.8 cm³/mol. The van der Waals surface area contributed by atoms with E-state index in [-0.39, 0.29) is 11.1 Å². The van der Waals surface area contributed by atoms with Crippen LogP contribution in [0.15, 0.2) is 24.3 Å². The Balaban J connectivity index is 1.81. The first-order valence-electron chi connectivity index (χ1n) is 8.71. The molecule has 2 N–H and O–H groups in total. The monoisotopic (exact) mass is 400 g/mol. The number of hydrogen-bond acceptors (Lipinski definition) is 5. The number of benzene rings is 1. The summed E-state index contributed by atoms with van der Waals surface area (Å²) in [5.41, 5.74) is 1.45. The van der Waals surface area contributed by atoms with Crippen molar-refractivity contribution in [2.24, 2.45) is 0 Å². The van der Waals surface area contributed by atoms with Gasteiger partial charge in [0.2, 0.25) is 5.95 Å². The number of hydrogen-bond donors (Lipinski definition) is 2. The molecule has 3 rings (SSSR count). The molecule has 1 aromatic heterocycles. The molecule has 1 aliphatic carbocycles. The zero-order valence-electron chi connectivity index (χ0n) is 14.9. The van der Waals surface area contributed by atoms with Crippen molar-refractivity contribution >= 4 is 29.1 Å². The second kappa shape index (κ2) is 7.80. The van der Waals surface area contributed by atoms with Crippen molar-refractivity contribution in [2.45, 2.75) is 51.4 Å². The predicted octanol–water partition coefficient (Wildman–Crippen LogP) is 5.86. The first kappa shape index (κ1) is 19.5. The summed E-state index contributed by atoms with van der Waals surface area (Å²) in [5, 5.41) is 6.18. The van der Waals surface area contributed by atoms with E-state index in [4.69, 9.17) is 11.6 Å². The fraction of sp³-hybridized carbons (Fsp3) is 0.444.